The minimum atomic E-state index is -0.238. The first kappa shape index (κ1) is 18.5. The minimum absolute atomic E-state index is 0.129. The monoisotopic (exact) mass is 365 g/mol. The third kappa shape index (κ3) is 4.10. The van der Waals surface area contributed by atoms with E-state index in [1.165, 1.54) is 0 Å². The normalized spacial score (nSPS) is 26.0. The molecule has 1 atom stereocenters. The van der Waals surface area contributed by atoms with Crippen LogP contribution < -0.4 is 0 Å². The highest BCUT2D eigenvalue weighted by atomic mass is 35.5. The molecule has 1 unspecified atom stereocenters. The zero-order chi connectivity index (χ0) is 18.0. The van der Waals surface area contributed by atoms with Crippen molar-refractivity contribution in [2.45, 2.75) is 26.3 Å². The first-order chi connectivity index (χ1) is 11.9. The Balaban J connectivity index is 1.61. The standard InChI is InChI=1S/C19H28ClN3O2/c1-19(7-10-21(2)14-19)18(25)23-9-4-8-22(11-12-23)13-15-5-3-6-16(24)17(15)20/h3,5-6,24H,4,7-14H2,1-2H3. The van der Waals surface area contributed by atoms with Crippen LogP contribution in [0.3, 0.4) is 0 Å². The van der Waals surface area contributed by atoms with Crippen LogP contribution >= 0.6 is 11.6 Å². The maximum atomic E-state index is 13.0. The van der Waals surface area contributed by atoms with Gasteiger partial charge in [-0.3, -0.25) is 9.69 Å². The molecule has 0 saturated carbocycles. The third-order valence-corrected chi connectivity index (χ3v) is 5.94. The number of hydrogen-bond acceptors (Lipinski definition) is 4. The molecule has 2 heterocycles. The molecule has 0 radical (unpaired) electrons. The van der Waals surface area contributed by atoms with Gasteiger partial charge in [0.25, 0.3) is 0 Å². The van der Waals surface area contributed by atoms with Crippen molar-refractivity contribution in [3.8, 4) is 5.75 Å². The number of nitrogens with zero attached hydrogens (tertiary/aromatic N) is 3. The Morgan fingerprint density at radius 3 is 2.76 bits per heavy atom. The number of phenolic OH excluding ortho intramolecular Hbond substituents is 1. The number of amides is 1. The van der Waals surface area contributed by atoms with Crippen LogP contribution in [0.2, 0.25) is 5.02 Å². The SMILES string of the molecule is CN1CCC(C)(C(=O)N2CCCN(Cc3cccc(O)c3Cl)CC2)C1. The van der Waals surface area contributed by atoms with Gasteiger partial charge < -0.3 is 14.9 Å². The van der Waals surface area contributed by atoms with E-state index >= 15 is 0 Å². The Labute approximate surface area is 155 Å². The smallest absolute Gasteiger partial charge is 0.229 e. The van der Waals surface area contributed by atoms with E-state index in [1.54, 1.807) is 6.07 Å². The van der Waals surface area contributed by atoms with Crippen molar-refractivity contribution in [3.63, 3.8) is 0 Å². The van der Waals surface area contributed by atoms with Crippen molar-refractivity contribution in [3.05, 3.63) is 28.8 Å². The number of rotatable bonds is 3. The summed E-state index contributed by atoms with van der Waals surface area (Å²) in [4.78, 5) is 19.6. The Hall–Kier alpha value is -1.30. The lowest BCUT2D eigenvalue weighted by Crippen LogP contribution is -2.45. The van der Waals surface area contributed by atoms with Crippen LogP contribution in [0.4, 0.5) is 0 Å². The molecule has 1 aromatic carbocycles. The van der Waals surface area contributed by atoms with Crippen LogP contribution in [-0.2, 0) is 11.3 Å². The van der Waals surface area contributed by atoms with E-state index in [2.05, 4.69) is 23.8 Å². The number of likely N-dealkylation sites (tertiary alicyclic amines) is 1. The molecule has 138 valence electrons. The van der Waals surface area contributed by atoms with E-state index in [-0.39, 0.29) is 11.2 Å². The second-order valence-corrected chi connectivity index (χ2v) is 8.10. The van der Waals surface area contributed by atoms with Crippen molar-refractivity contribution >= 4 is 17.5 Å². The van der Waals surface area contributed by atoms with Crippen LogP contribution in [-0.4, -0.2) is 72.0 Å². The van der Waals surface area contributed by atoms with Gasteiger partial charge in [0.1, 0.15) is 5.75 Å². The number of hydrogen-bond donors (Lipinski definition) is 1. The molecular formula is C19H28ClN3O2. The van der Waals surface area contributed by atoms with E-state index in [0.717, 1.165) is 57.7 Å². The van der Waals surface area contributed by atoms with Crippen molar-refractivity contribution in [2.75, 3.05) is 46.3 Å². The quantitative estimate of drug-likeness (QED) is 0.893. The van der Waals surface area contributed by atoms with Gasteiger partial charge in [-0.25, -0.2) is 0 Å². The van der Waals surface area contributed by atoms with Crippen molar-refractivity contribution in [1.29, 1.82) is 0 Å². The highest BCUT2D eigenvalue weighted by molar-refractivity contribution is 6.32. The second kappa shape index (κ2) is 7.52. The molecule has 2 aliphatic heterocycles. The van der Waals surface area contributed by atoms with Crippen LogP contribution in [0.15, 0.2) is 18.2 Å². The van der Waals surface area contributed by atoms with Crippen molar-refractivity contribution in [1.82, 2.24) is 14.7 Å². The molecule has 1 N–H and O–H groups in total. The van der Waals surface area contributed by atoms with Gasteiger partial charge in [-0.1, -0.05) is 23.7 Å². The van der Waals surface area contributed by atoms with Gasteiger partial charge in [-0.05, 0) is 45.0 Å². The molecule has 1 aromatic rings. The van der Waals surface area contributed by atoms with Crippen LogP contribution in [0.1, 0.15) is 25.3 Å². The highest BCUT2D eigenvalue weighted by Crippen LogP contribution is 2.32. The van der Waals surface area contributed by atoms with Crippen molar-refractivity contribution in [2.24, 2.45) is 5.41 Å². The largest absolute Gasteiger partial charge is 0.506 e. The van der Waals surface area contributed by atoms with Gasteiger partial charge in [0.05, 0.1) is 10.4 Å². The molecule has 1 amide bonds. The summed E-state index contributed by atoms with van der Waals surface area (Å²) >= 11 is 6.20. The molecule has 25 heavy (non-hydrogen) atoms. The lowest BCUT2D eigenvalue weighted by atomic mass is 9.88. The average molecular weight is 366 g/mol. The van der Waals surface area contributed by atoms with E-state index in [0.29, 0.717) is 17.5 Å². The minimum Gasteiger partial charge on any atom is -0.506 e. The maximum absolute atomic E-state index is 13.0. The topological polar surface area (TPSA) is 47.0 Å². The Kier molecular flexibility index (Phi) is 5.56. The summed E-state index contributed by atoms with van der Waals surface area (Å²) in [5, 5.41) is 10.2. The lowest BCUT2D eigenvalue weighted by Gasteiger charge is -2.31. The van der Waals surface area contributed by atoms with Gasteiger partial charge in [-0.15, -0.1) is 0 Å². The van der Waals surface area contributed by atoms with Gasteiger partial charge in [0.15, 0.2) is 0 Å². The van der Waals surface area contributed by atoms with Crippen LogP contribution in [0.25, 0.3) is 0 Å². The summed E-state index contributed by atoms with van der Waals surface area (Å²) in [7, 11) is 2.09. The number of carbonyl (C=O) groups is 1. The van der Waals surface area contributed by atoms with Crippen LogP contribution in [0, 0.1) is 5.41 Å². The summed E-state index contributed by atoms with van der Waals surface area (Å²) < 4.78 is 0. The van der Waals surface area contributed by atoms with E-state index < -0.39 is 0 Å². The molecule has 0 spiro atoms. The first-order valence-electron chi connectivity index (χ1n) is 9.06. The first-order valence-corrected chi connectivity index (χ1v) is 9.43. The number of aromatic hydroxyl groups is 1. The average Bonchev–Trinajstić information content (AvgIpc) is 2.80. The number of phenols is 1. The zero-order valence-electron chi connectivity index (χ0n) is 15.2. The van der Waals surface area contributed by atoms with Gasteiger partial charge in [0, 0.05) is 39.3 Å². The van der Waals surface area contributed by atoms with Crippen LogP contribution in [0.5, 0.6) is 5.75 Å². The van der Waals surface area contributed by atoms with E-state index in [1.807, 2.05) is 17.0 Å². The molecular weight excluding hydrogens is 338 g/mol. The molecule has 3 rings (SSSR count). The number of carbonyl (C=O) groups excluding carboxylic acids is 1. The Morgan fingerprint density at radius 2 is 2.04 bits per heavy atom. The van der Waals surface area contributed by atoms with E-state index in [9.17, 15) is 9.90 Å². The number of halogens is 1. The summed E-state index contributed by atoms with van der Waals surface area (Å²) in [6.45, 7) is 8.01. The van der Waals surface area contributed by atoms with Crippen molar-refractivity contribution < 1.29 is 9.90 Å². The molecule has 0 bridgehead atoms. The molecule has 0 aliphatic carbocycles. The zero-order valence-corrected chi connectivity index (χ0v) is 15.9. The fourth-order valence-electron chi connectivity index (χ4n) is 4.01. The molecule has 2 saturated heterocycles. The molecule has 6 heteroatoms. The highest BCUT2D eigenvalue weighted by Gasteiger charge is 2.41. The second-order valence-electron chi connectivity index (χ2n) is 7.72. The molecule has 0 aromatic heterocycles. The molecule has 5 nitrogen and oxygen atoms in total. The molecule has 2 fully saturated rings. The predicted molar refractivity (Wildman–Crippen MR) is 99.8 cm³/mol. The van der Waals surface area contributed by atoms with Gasteiger partial charge in [0.2, 0.25) is 5.91 Å². The third-order valence-electron chi connectivity index (χ3n) is 5.51. The maximum Gasteiger partial charge on any atom is 0.229 e. The van der Waals surface area contributed by atoms with Gasteiger partial charge >= 0.3 is 0 Å². The Bertz CT molecular complexity index is 639. The fraction of sp³-hybridized carbons (Fsp3) is 0.632. The summed E-state index contributed by atoms with van der Waals surface area (Å²) in [6.07, 6.45) is 1.91. The summed E-state index contributed by atoms with van der Waals surface area (Å²) in [6, 6.07) is 5.38. The van der Waals surface area contributed by atoms with E-state index in [4.69, 9.17) is 11.6 Å². The lowest BCUT2D eigenvalue weighted by molar-refractivity contribution is -0.140. The fourth-order valence-corrected chi connectivity index (χ4v) is 4.19. The summed E-state index contributed by atoms with van der Waals surface area (Å²) in [5.41, 5.74) is 0.698. The predicted octanol–water partition coefficient (Wildman–Crippen LogP) is 2.42. The van der Waals surface area contributed by atoms with Gasteiger partial charge in [-0.2, -0.15) is 0 Å². The molecule has 2 aliphatic rings. The number of benzene rings is 1. The Morgan fingerprint density at radius 1 is 1.24 bits per heavy atom. The summed E-state index contributed by atoms with van der Waals surface area (Å²) in [5.74, 6) is 0.429.